The van der Waals surface area contributed by atoms with Crippen molar-refractivity contribution in [2.24, 2.45) is 0 Å². The highest BCUT2D eigenvalue weighted by molar-refractivity contribution is 6.00. The molecule has 0 fully saturated rings. The molecule has 0 aliphatic carbocycles. The smallest absolute Gasteiger partial charge is 0.267 e. The van der Waals surface area contributed by atoms with E-state index in [9.17, 15) is 9.59 Å². The van der Waals surface area contributed by atoms with Crippen LogP contribution >= 0.6 is 0 Å². The first-order chi connectivity index (χ1) is 12.8. The number of likely N-dealkylation sites (N-methyl/N-ethyl adjacent to an activating group) is 1. The number of ether oxygens (including phenoxy) is 1. The number of anilines is 3. The SMILES string of the molecule is Cc1cc(C)nc(NCCC(=O)Nc2ccc3c(c2)N(C)C(=O)[C@@H](C)O3)n1. The molecule has 0 bridgehead atoms. The molecule has 0 saturated heterocycles. The maximum absolute atomic E-state index is 12.2. The van der Waals surface area contributed by atoms with Crippen molar-refractivity contribution in [2.45, 2.75) is 33.3 Å². The van der Waals surface area contributed by atoms with Gasteiger partial charge >= 0.3 is 0 Å². The van der Waals surface area contributed by atoms with Gasteiger partial charge in [0.25, 0.3) is 5.91 Å². The number of rotatable bonds is 5. The number of benzene rings is 1. The summed E-state index contributed by atoms with van der Waals surface area (Å²) in [5.74, 6) is 0.867. The summed E-state index contributed by atoms with van der Waals surface area (Å²) in [5.41, 5.74) is 2.99. The number of amides is 2. The number of hydrogen-bond donors (Lipinski definition) is 2. The van der Waals surface area contributed by atoms with Crippen LogP contribution in [0.2, 0.25) is 0 Å². The quantitative estimate of drug-likeness (QED) is 0.839. The van der Waals surface area contributed by atoms with Crippen LogP contribution in [0.5, 0.6) is 5.75 Å². The van der Waals surface area contributed by atoms with Gasteiger partial charge in [0.15, 0.2) is 6.10 Å². The minimum absolute atomic E-state index is 0.122. The Balaban J connectivity index is 1.57. The third kappa shape index (κ3) is 4.33. The largest absolute Gasteiger partial charge is 0.479 e. The first kappa shape index (κ1) is 18.6. The van der Waals surface area contributed by atoms with Crippen LogP contribution in [0.25, 0.3) is 0 Å². The Morgan fingerprint density at radius 1 is 1.22 bits per heavy atom. The van der Waals surface area contributed by atoms with Crippen molar-refractivity contribution in [2.75, 3.05) is 29.1 Å². The fraction of sp³-hybridized carbons (Fsp3) is 0.368. The van der Waals surface area contributed by atoms with Gasteiger partial charge in [-0.3, -0.25) is 9.59 Å². The average Bonchev–Trinajstić information content (AvgIpc) is 2.59. The molecule has 1 aliphatic heterocycles. The number of nitrogens with one attached hydrogen (secondary N) is 2. The van der Waals surface area contributed by atoms with E-state index >= 15 is 0 Å². The van der Waals surface area contributed by atoms with Crippen LogP contribution in [0.4, 0.5) is 17.3 Å². The normalized spacial score (nSPS) is 15.8. The molecule has 8 heteroatoms. The van der Waals surface area contributed by atoms with E-state index < -0.39 is 6.10 Å². The predicted molar refractivity (Wildman–Crippen MR) is 103 cm³/mol. The van der Waals surface area contributed by atoms with E-state index in [1.165, 1.54) is 4.90 Å². The monoisotopic (exact) mass is 369 g/mol. The maximum atomic E-state index is 12.2. The molecule has 0 spiro atoms. The van der Waals surface area contributed by atoms with Gasteiger partial charge in [-0.25, -0.2) is 9.97 Å². The summed E-state index contributed by atoms with van der Waals surface area (Å²) >= 11 is 0. The topological polar surface area (TPSA) is 96.5 Å². The van der Waals surface area contributed by atoms with Crippen LogP contribution in [0, 0.1) is 13.8 Å². The minimum atomic E-state index is -0.513. The van der Waals surface area contributed by atoms with Crippen LogP contribution in [0.1, 0.15) is 24.7 Å². The van der Waals surface area contributed by atoms with Crippen LogP contribution in [-0.2, 0) is 9.59 Å². The molecule has 1 aromatic carbocycles. The van der Waals surface area contributed by atoms with Gasteiger partial charge in [0.1, 0.15) is 5.75 Å². The molecular weight excluding hydrogens is 346 g/mol. The molecule has 142 valence electrons. The highest BCUT2D eigenvalue weighted by Gasteiger charge is 2.29. The zero-order valence-electron chi connectivity index (χ0n) is 15.9. The minimum Gasteiger partial charge on any atom is -0.479 e. The molecule has 0 radical (unpaired) electrons. The molecule has 1 aromatic heterocycles. The Morgan fingerprint density at radius 3 is 2.63 bits per heavy atom. The van der Waals surface area contributed by atoms with Crippen molar-refractivity contribution < 1.29 is 14.3 Å². The lowest BCUT2D eigenvalue weighted by molar-refractivity contribution is -0.125. The molecule has 8 nitrogen and oxygen atoms in total. The molecule has 3 rings (SSSR count). The molecule has 2 heterocycles. The van der Waals surface area contributed by atoms with Crippen LogP contribution in [0.15, 0.2) is 24.3 Å². The van der Waals surface area contributed by atoms with Gasteiger partial charge in [-0.1, -0.05) is 0 Å². The van der Waals surface area contributed by atoms with Crippen molar-refractivity contribution in [3.8, 4) is 5.75 Å². The van der Waals surface area contributed by atoms with Gasteiger partial charge in [-0.05, 0) is 45.0 Å². The molecule has 1 aliphatic rings. The van der Waals surface area contributed by atoms with Gasteiger partial charge in [0.05, 0.1) is 5.69 Å². The number of fused-ring (bicyclic) bond motifs is 1. The number of nitrogens with zero attached hydrogens (tertiary/aromatic N) is 3. The van der Waals surface area contributed by atoms with E-state index in [0.717, 1.165) is 11.4 Å². The van der Waals surface area contributed by atoms with Crippen molar-refractivity contribution in [1.82, 2.24) is 9.97 Å². The Hall–Kier alpha value is -3.16. The molecule has 0 unspecified atom stereocenters. The summed E-state index contributed by atoms with van der Waals surface area (Å²) in [4.78, 5) is 34.3. The third-order valence-electron chi connectivity index (χ3n) is 4.20. The Labute approximate surface area is 158 Å². The van der Waals surface area contributed by atoms with Crippen molar-refractivity contribution in [1.29, 1.82) is 0 Å². The Kier molecular flexibility index (Phi) is 5.25. The summed E-state index contributed by atoms with van der Waals surface area (Å²) < 4.78 is 5.58. The van der Waals surface area contributed by atoms with Gasteiger partial charge < -0.3 is 20.3 Å². The standard InChI is InChI=1S/C19H23N5O3/c1-11-9-12(2)22-19(21-11)20-8-7-17(25)23-14-5-6-16-15(10-14)24(4)18(26)13(3)27-16/h5-6,9-10,13H,7-8H2,1-4H3,(H,23,25)(H,20,21,22)/t13-/m1/s1. The number of aryl methyl sites for hydroxylation is 2. The van der Waals surface area contributed by atoms with Crippen molar-refractivity contribution >= 4 is 29.1 Å². The van der Waals surface area contributed by atoms with E-state index in [-0.39, 0.29) is 18.2 Å². The van der Waals surface area contributed by atoms with E-state index in [1.54, 1.807) is 32.2 Å². The molecular formula is C19H23N5O3. The van der Waals surface area contributed by atoms with Gasteiger partial charge in [-0.2, -0.15) is 0 Å². The van der Waals surface area contributed by atoms with Gasteiger partial charge in [0, 0.05) is 37.1 Å². The predicted octanol–water partition coefficient (Wildman–Crippen LogP) is 2.28. The van der Waals surface area contributed by atoms with Crippen LogP contribution in [-0.4, -0.2) is 41.5 Å². The molecule has 2 aromatic rings. The van der Waals surface area contributed by atoms with E-state index in [0.29, 0.717) is 29.6 Å². The molecule has 27 heavy (non-hydrogen) atoms. The summed E-state index contributed by atoms with van der Waals surface area (Å²) in [6.07, 6.45) is -0.253. The maximum Gasteiger partial charge on any atom is 0.267 e. The van der Waals surface area contributed by atoms with E-state index in [4.69, 9.17) is 4.74 Å². The zero-order chi connectivity index (χ0) is 19.6. The number of aromatic nitrogens is 2. The van der Waals surface area contributed by atoms with E-state index in [2.05, 4.69) is 20.6 Å². The fourth-order valence-corrected chi connectivity index (χ4v) is 2.91. The lowest BCUT2D eigenvalue weighted by Crippen LogP contribution is -2.41. The third-order valence-corrected chi connectivity index (χ3v) is 4.20. The first-order valence-electron chi connectivity index (χ1n) is 8.78. The summed E-state index contributed by atoms with van der Waals surface area (Å²) in [5, 5.41) is 5.89. The van der Waals surface area contributed by atoms with Crippen molar-refractivity contribution in [3.63, 3.8) is 0 Å². The lowest BCUT2D eigenvalue weighted by atomic mass is 10.2. The second-order valence-corrected chi connectivity index (χ2v) is 6.54. The van der Waals surface area contributed by atoms with Crippen LogP contribution in [0.3, 0.4) is 0 Å². The molecule has 2 amide bonds. The molecule has 2 N–H and O–H groups in total. The average molecular weight is 369 g/mol. The van der Waals surface area contributed by atoms with Crippen molar-refractivity contribution in [3.05, 3.63) is 35.7 Å². The second kappa shape index (κ2) is 7.61. The highest BCUT2D eigenvalue weighted by atomic mass is 16.5. The molecule has 1 atom stereocenters. The number of hydrogen-bond acceptors (Lipinski definition) is 6. The highest BCUT2D eigenvalue weighted by Crippen LogP contribution is 2.35. The zero-order valence-corrected chi connectivity index (χ0v) is 15.9. The first-order valence-corrected chi connectivity index (χ1v) is 8.78. The van der Waals surface area contributed by atoms with Gasteiger partial charge in [0.2, 0.25) is 11.9 Å². The Morgan fingerprint density at radius 2 is 1.93 bits per heavy atom. The fourth-order valence-electron chi connectivity index (χ4n) is 2.91. The number of carbonyl (C=O) groups excluding carboxylic acids is 2. The lowest BCUT2D eigenvalue weighted by Gasteiger charge is -2.30. The molecule has 0 saturated carbocycles. The second-order valence-electron chi connectivity index (χ2n) is 6.54. The van der Waals surface area contributed by atoms with Gasteiger partial charge in [-0.15, -0.1) is 0 Å². The summed E-state index contributed by atoms with van der Waals surface area (Å²) in [7, 11) is 1.69. The van der Waals surface area contributed by atoms with E-state index in [1.807, 2.05) is 19.9 Å². The number of carbonyl (C=O) groups is 2. The Bertz CT molecular complexity index is 863. The van der Waals surface area contributed by atoms with Crippen LogP contribution < -0.4 is 20.3 Å². The summed E-state index contributed by atoms with van der Waals surface area (Å²) in [6.45, 7) is 5.92. The summed E-state index contributed by atoms with van der Waals surface area (Å²) in [6, 6.07) is 7.14.